The lowest BCUT2D eigenvalue weighted by molar-refractivity contribution is -0.138. The molecule has 1 unspecified atom stereocenters. The van der Waals surface area contributed by atoms with Crippen molar-refractivity contribution >= 4 is 17.7 Å². The lowest BCUT2D eigenvalue weighted by Gasteiger charge is -2.17. The van der Waals surface area contributed by atoms with E-state index in [2.05, 4.69) is 5.32 Å². The number of hydrogen-bond donors (Lipinski definition) is 2. The van der Waals surface area contributed by atoms with E-state index >= 15 is 0 Å². The lowest BCUT2D eigenvalue weighted by atomic mass is 10.1. The fourth-order valence-electron chi connectivity index (χ4n) is 2.43. The number of carboxylic acids is 1. The van der Waals surface area contributed by atoms with Gasteiger partial charge in [-0.2, -0.15) is 0 Å². The van der Waals surface area contributed by atoms with E-state index in [-0.39, 0.29) is 18.4 Å². The summed E-state index contributed by atoms with van der Waals surface area (Å²) < 4.78 is 5.34. The number of hydrogen-bond acceptors (Lipinski definition) is 3. The summed E-state index contributed by atoms with van der Waals surface area (Å²) in [6.07, 6.45) is 0.857. The molecule has 1 aromatic carbocycles. The molecule has 1 heterocycles. The second-order valence-electron chi connectivity index (χ2n) is 5.09. The van der Waals surface area contributed by atoms with Crippen LogP contribution in [0.25, 0.3) is 0 Å². The van der Waals surface area contributed by atoms with Crippen molar-refractivity contribution in [2.75, 3.05) is 25.0 Å². The van der Waals surface area contributed by atoms with Crippen LogP contribution in [0.5, 0.6) is 5.75 Å². The number of nitrogens with one attached hydrogen (secondary N) is 1. The van der Waals surface area contributed by atoms with Crippen LogP contribution in [-0.4, -0.2) is 41.7 Å². The zero-order valence-corrected chi connectivity index (χ0v) is 12.0. The smallest absolute Gasteiger partial charge is 0.321 e. The monoisotopic (exact) mass is 292 g/mol. The molecule has 2 amide bonds. The Balaban J connectivity index is 1.85. The number of rotatable bonds is 5. The van der Waals surface area contributed by atoms with Crippen LogP contribution in [0.3, 0.4) is 0 Å². The van der Waals surface area contributed by atoms with Gasteiger partial charge in [0.25, 0.3) is 0 Å². The van der Waals surface area contributed by atoms with E-state index in [1.807, 2.05) is 6.92 Å². The number of likely N-dealkylation sites (tertiary alicyclic amines) is 1. The minimum Gasteiger partial charge on any atom is -0.494 e. The number of anilines is 1. The molecular weight excluding hydrogens is 272 g/mol. The van der Waals surface area contributed by atoms with Crippen molar-refractivity contribution in [2.45, 2.75) is 19.8 Å². The van der Waals surface area contributed by atoms with E-state index < -0.39 is 5.97 Å². The molecule has 0 radical (unpaired) electrons. The van der Waals surface area contributed by atoms with Gasteiger partial charge in [-0.3, -0.25) is 4.79 Å². The van der Waals surface area contributed by atoms with Gasteiger partial charge in [-0.15, -0.1) is 0 Å². The average Bonchev–Trinajstić information content (AvgIpc) is 2.89. The third kappa shape index (κ3) is 4.37. The average molecular weight is 292 g/mol. The Morgan fingerprint density at radius 1 is 1.38 bits per heavy atom. The van der Waals surface area contributed by atoms with Crippen molar-refractivity contribution in [3.63, 3.8) is 0 Å². The van der Waals surface area contributed by atoms with Gasteiger partial charge < -0.3 is 20.1 Å². The summed E-state index contributed by atoms with van der Waals surface area (Å²) in [5.74, 6) is 0.000505. The molecule has 1 saturated heterocycles. The number of carboxylic acid groups (broad SMARTS) is 1. The van der Waals surface area contributed by atoms with Crippen molar-refractivity contribution in [1.82, 2.24) is 4.90 Å². The van der Waals surface area contributed by atoms with Crippen molar-refractivity contribution in [2.24, 2.45) is 5.92 Å². The molecule has 0 spiro atoms. The van der Waals surface area contributed by atoms with Gasteiger partial charge in [0.15, 0.2) is 0 Å². The van der Waals surface area contributed by atoms with Gasteiger partial charge in [0.05, 0.1) is 6.61 Å². The highest BCUT2D eigenvalue weighted by Gasteiger charge is 2.27. The van der Waals surface area contributed by atoms with E-state index in [9.17, 15) is 9.59 Å². The highest BCUT2D eigenvalue weighted by atomic mass is 16.5. The fraction of sp³-hybridized carbons (Fsp3) is 0.467. The van der Waals surface area contributed by atoms with Crippen LogP contribution in [0.1, 0.15) is 19.8 Å². The van der Waals surface area contributed by atoms with Crippen LogP contribution in [0.2, 0.25) is 0 Å². The van der Waals surface area contributed by atoms with Gasteiger partial charge in [-0.1, -0.05) is 0 Å². The standard InChI is InChI=1S/C15H20N2O4/c1-2-21-13-5-3-12(4-6-13)16-15(20)17-8-7-11(10-17)9-14(18)19/h3-6,11H,2,7-10H2,1H3,(H,16,20)(H,18,19). The maximum Gasteiger partial charge on any atom is 0.321 e. The molecule has 1 aromatic rings. The molecule has 1 aliphatic rings. The van der Waals surface area contributed by atoms with Crippen LogP contribution < -0.4 is 10.1 Å². The number of amides is 2. The minimum atomic E-state index is -0.811. The van der Waals surface area contributed by atoms with E-state index in [0.29, 0.717) is 25.4 Å². The van der Waals surface area contributed by atoms with E-state index in [1.165, 1.54) is 0 Å². The zero-order valence-electron chi connectivity index (χ0n) is 12.0. The Bertz CT molecular complexity index is 501. The Labute approximate surface area is 123 Å². The third-order valence-corrected chi connectivity index (χ3v) is 3.45. The maximum absolute atomic E-state index is 12.1. The van der Waals surface area contributed by atoms with Gasteiger partial charge in [0.2, 0.25) is 0 Å². The summed E-state index contributed by atoms with van der Waals surface area (Å²) in [5.41, 5.74) is 0.699. The molecule has 21 heavy (non-hydrogen) atoms. The first-order valence-corrected chi connectivity index (χ1v) is 7.09. The summed E-state index contributed by atoms with van der Waals surface area (Å²) in [6.45, 7) is 3.61. The molecule has 0 bridgehead atoms. The van der Waals surface area contributed by atoms with Gasteiger partial charge >= 0.3 is 12.0 Å². The lowest BCUT2D eigenvalue weighted by Crippen LogP contribution is -2.33. The first kappa shape index (κ1) is 15.2. The fourth-order valence-corrected chi connectivity index (χ4v) is 2.43. The maximum atomic E-state index is 12.1. The highest BCUT2D eigenvalue weighted by Crippen LogP contribution is 2.21. The molecule has 6 nitrogen and oxygen atoms in total. The molecule has 1 atom stereocenters. The number of urea groups is 1. The quantitative estimate of drug-likeness (QED) is 0.873. The van der Waals surface area contributed by atoms with Crippen LogP contribution >= 0.6 is 0 Å². The summed E-state index contributed by atoms with van der Waals surface area (Å²) in [7, 11) is 0. The van der Waals surface area contributed by atoms with Crippen molar-refractivity contribution in [1.29, 1.82) is 0 Å². The van der Waals surface area contributed by atoms with E-state index in [4.69, 9.17) is 9.84 Å². The number of nitrogens with zero attached hydrogens (tertiary/aromatic N) is 1. The number of ether oxygens (including phenoxy) is 1. The highest BCUT2D eigenvalue weighted by molar-refractivity contribution is 5.89. The number of carbonyl (C=O) groups excluding carboxylic acids is 1. The Morgan fingerprint density at radius 2 is 2.10 bits per heavy atom. The van der Waals surface area contributed by atoms with E-state index in [0.717, 1.165) is 12.2 Å². The molecular formula is C15H20N2O4. The molecule has 0 aromatic heterocycles. The summed E-state index contributed by atoms with van der Waals surface area (Å²) in [6, 6.07) is 6.99. The summed E-state index contributed by atoms with van der Waals surface area (Å²) in [4.78, 5) is 24.4. The SMILES string of the molecule is CCOc1ccc(NC(=O)N2CCC(CC(=O)O)C2)cc1. The second-order valence-corrected chi connectivity index (χ2v) is 5.09. The Morgan fingerprint density at radius 3 is 2.71 bits per heavy atom. The minimum absolute atomic E-state index is 0.0496. The summed E-state index contributed by atoms with van der Waals surface area (Å²) in [5, 5.41) is 11.6. The zero-order chi connectivity index (χ0) is 15.2. The van der Waals surface area contributed by atoms with Crippen molar-refractivity contribution in [3.8, 4) is 5.75 Å². The Hall–Kier alpha value is -2.24. The van der Waals surface area contributed by atoms with Crippen LogP contribution in [0, 0.1) is 5.92 Å². The first-order chi connectivity index (χ1) is 10.1. The molecule has 6 heteroatoms. The van der Waals surface area contributed by atoms with Gasteiger partial charge in [0, 0.05) is 25.2 Å². The van der Waals surface area contributed by atoms with Gasteiger partial charge in [0.1, 0.15) is 5.75 Å². The van der Waals surface area contributed by atoms with Crippen LogP contribution in [0.4, 0.5) is 10.5 Å². The van der Waals surface area contributed by atoms with Gasteiger partial charge in [-0.05, 0) is 43.5 Å². The Kier molecular flexibility index (Phi) is 5.03. The predicted molar refractivity (Wildman–Crippen MR) is 78.6 cm³/mol. The molecule has 2 N–H and O–H groups in total. The molecule has 2 rings (SSSR count). The van der Waals surface area contributed by atoms with Crippen molar-refractivity contribution < 1.29 is 19.4 Å². The van der Waals surface area contributed by atoms with Crippen molar-refractivity contribution in [3.05, 3.63) is 24.3 Å². The number of benzene rings is 1. The molecule has 0 aliphatic carbocycles. The molecule has 1 fully saturated rings. The molecule has 114 valence electrons. The number of aliphatic carboxylic acids is 1. The van der Waals surface area contributed by atoms with Crippen LogP contribution in [-0.2, 0) is 4.79 Å². The largest absolute Gasteiger partial charge is 0.494 e. The molecule has 0 saturated carbocycles. The second kappa shape index (κ2) is 6.97. The van der Waals surface area contributed by atoms with E-state index in [1.54, 1.807) is 29.2 Å². The molecule has 1 aliphatic heterocycles. The van der Waals surface area contributed by atoms with Gasteiger partial charge in [-0.25, -0.2) is 4.79 Å². The first-order valence-electron chi connectivity index (χ1n) is 7.09. The topological polar surface area (TPSA) is 78.9 Å². The van der Waals surface area contributed by atoms with Crippen LogP contribution in [0.15, 0.2) is 24.3 Å². The normalized spacial score (nSPS) is 17.6. The predicted octanol–water partition coefficient (Wildman–Crippen LogP) is 2.41. The third-order valence-electron chi connectivity index (χ3n) is 3.45. The number of carbonyl (C=O) groups is 2. The summed E-state index contributed by atoms with van der Waals surface area (Å²) >= 11 is 0.